The van der Waals surface area contributed by atoms with E-state index in [1.54, 1.807) is 23.9 Å². The largest absolute Gasteiger partial charge is 0.250 e. The summed E-state index contributed by atoms with van der Waals surface area (Å²) < 4.78 is 27.9. The van der Waals surface area contributed by atoms with Crippen molar-refractivity contribution in [2.45, 2.75) is 28.9 Å². The maximum absolute atomic E-state index is 12.0. The summed E-state index contributed by atoms with van der Waals surface area (Å²) in [6.07, 6.45) is 0. The van der Waals surface area contributed by atoms with E-state index in [1.807, 2.05) is 0 Å². The highest BCUT2D eigenvalue weighted by Gasteiger charge is 2.15. The normalized spacial score (nSPS) is 12.0. The van der Waals surface area contributed by atoms with Crippen molar-refractivity contribution in [2.24, 2.45) is 0 Å². The zero-order valence-corrected chi connectivity index (χ0v) is 16.4. The number of halogens is 1. The molecule has 2 rings (SSSR count). The van der Waals surface area contributed by atoms with Gasteiger partial charge in [-0.3, -0.25) is 0 Å². The third kappa shape index (κ3) is 5.09. The number of benzene rings is 1. The van der Waals surface area contributed by atoms with Gasteiger partial charge in [0.05, 0.1) is 3.79 Å². The maximum atomic E-state index is 12.0. The van der Waals surface area contributed by atoms with Crippen LogP contribution in [0.2, 0.25) is 0 Å². The van der Waals surface area contributed by atoms with Crippen molar-refractivity contribution in [2.75, 3.05) is 12.3 Å². The lowest BCUT2D eigenvalue weighted by Crippen LogP contribution is -2.25. The molecule has 120 valence electrons. The van der Waals surface area contributed by atoms with Crippen LogP contribution in [0, 0.1) is 0 Å². The zero-order chi connectivity index (χ0) is 16.2. The molecule has 0 saturated carbocycles. The van der Waals surface area contributed by atoms with Crippen molar-refractivity contribution in [3.05, 3.63) is 45.7 Å². The van der Waals surface area contributed by atoms with E-state index >= 15 is 0 Å². The summed E-state index contributed by atoms with van der Waals surface area (Å²) in [6, 6.07) is 11.8. The molecule has 0 spiro atoms. The molecule has 0 amide bonds. The van der Waals surface area contributed by atoms with Gasteiger partial charge in [-0.15, -0.1) is 23.1 Å². The second kappa shape index (κ2) is 7.97. The summed E-state index contributed by atoms with van der Waals surface area (Å²) in [5.74, 6) is 1.23. The molecule has 0 saturated heterocycles. The topological polar surface area (TPSA) is 46.2 Å². The highest BCUT2D eigenvalue weighted by atomic mass is 79.9. The van der Waals surface area contributed by atoms with Crippen LogP contribution in [0.3, 0.4) is 0 Å². The van der Waals surface area contributed by atoms with Gasteiger partial charge in [0, 0.05) is 17.2 Å². The molecule has 1 heterocycles. The molecular weight excluding hydrogens is 402 g/mol. The molecule has 2 aromatic rings. The molecule has 22 heavy (non-hydrogen) atoms. The van der Waals surface area contributed by atoms with E-state index in [0.29, 0.717) is 22.4 Å². The minimum atomic E-state index is -3.39. The minimum Gasteiger partial charge on any atom is -0.210 e. The predicted molar refractivity (Wildman–Crippen MR) is 98.5 cm³/mol. The van der Waals surface area contributed by atoms with E-state index in [9.17, 15) is 8.42 Å². The van der Waals surface area contributed by atoms with Gasteiger partial charge in [0.15, 0.2) is 0 Å². The van der Waals surface area contributed by atoms with Gasteiger partial charge >= 0.3 is 0 Å². The first-order valence-corrected chi connectivity index (χ1v) is 10.9. The average molecular weight is 420 g/mol. The van der Waals surface area contributed by atoms with Gasteiger partial charge in [-0.1, -0.05) is 26.0 Å². The Labute approximate surface area is 148 Å². The fourth-order valence-electron chi connectivity index (χ4n) is 1.81. The van der Waals surface area contributed by atoms with Crippen molar-refractivity contribution in [3.8, 4) is 0 Å². The van der Waals surface area contributed by atoms with E-state index in [0.717, 1.165) is 8.68 Å². The Balaban J connectivity index is 1.82. The number of sulfonamides is 1. The Morgan fingerprint density at radius 3 is 2.41 bits per heavy atom. The number of nitrogens with one attached hydrogen (secondary N) is 1. The maximum Gasteiger partial charge on any atom is 0.250 e. The molecule has 0 fully saturated rings. The number of hydrogen-bond donors (Lipinski definition) is 1. The summed E-state index contributed by atoms with van der Waals surface area (Å²) in [4.78, 5) is 1.16. The Morgan fingerprint density at radius 1 is 1.18 bits per heavy atom. The molecule has 0 atom stereocenters. The van der Waals surface area contributed by atoms with E-state index < -0.39 is 10.0 Å². The van der Waals surface area contributed by atoms with Crippen LogP contribution in [-0.2, 0) is 10.0 Å². The van der Waals surface area contributed by atoms with Gasteiger partial charge in [0.25, 0.3) is 0 Å². The molecule has 0 aliphatic carbocycles. The lowest BCUT2D eigenvalue weighted by atomic mass is 10.0. The van der Waals surface area contributed by atoms with E-state index in [4.69, 9.17) is 0 Å². The molecule has 3 nitrogen and oxygen atoms in total. The second-order valence-electron chi connectivity index (χ2n) is 5.03. The summed E-state index contributed by atoms with van der Waals surface area (Å²) in [6.45, 7) is 4.74. The monoisotopic (exact) mass is 419 g/mol. The first-order valence-electron chi connectivity index (χ1n) is 6.86. The SMILES string of the molecule is CC(C)c1ccc(SCCNS(=O)(=O)c2ccc(Br)s2)cc1. The molecule has 7 heteroatoms. The number of rotatable bonds is 7. The van der Waals surface area contributed by atoms with Crippen LogP contribution in [-0.4, -0.2) is 20.7 Å². The minimum absolute atomic E-state index is 0.339. The van der Waals surface area contributed by atoms with Crippen molar-refractivity contribution in [1.82, 2.24) is 4.72 Å². The molecule has 0 bridgehead atoms. The van der Waals surface area contributed by atoms with Gasteiger partial charge in [0.1, 0.15) is 4.21 Å². The van der Waals surface area contributed by atoms with Crippen LogP contribution in [0.4, 0.5) is 0 Å². The summed E-state index contributed by atoms with van der Waals surface area (Å²) in [5, 5.41) is 0. The number of thiophene rings is 1. The van der Waals surface area contributed by atoms with Crippen molar-refractivity contribution in [1.29, 1.82) is 0 Å². The average Bonchev–Trinajstić information content (AvgIpc) is 2.92. The first-order chi connectivity index (χ1) is 10.4. The van der Waals surface area contributed by atoms with Crippen LogP contribution in [0.1, 0.15) is 25.3 Å². The van der Waals surface area contributed by atoms with Crippen LogP contribution < -0.4 is 4.72 Å². The second-order valence-corrected chi connectivity index (χ2v) is 10.7. The van der Waals surface area contributed by atoms with Crippen LogP contribution >= 0.6 is 39.0 Å². The summed E-state index contributed by atoms with van der Waals surface area (Å²) in [7, 11) is -3.39. The highest BCUT2D eigenvalue weighted by molar-refractivity contribution is 9.11. The third-order valence-corrected chi connectivity index (χ3v) is 7.61. The van der Waals surface area contributed by atoms with Crippen molar-refractivity contribution < 1.29 is 8.42 Å². The smallest absolute Gasteiger partial charge is 0.210 e. The van der Waals surface area contributed by atoms with Gasteiger partial charge in [-0.05, 0) is 51.7 Å². The molecule has 0 aliphatic rings. The molecule has 1 aromatic heterocycles. The number of hydrogen-bond acceptors (Lipinski definition) is 4. The molecular formula is C15H18BrNO2S3. The van der Waals surface area contributed by atoms with Gasteiger partial charge in [0.2, 0.25) is 10.0 Å². The van der Waals surface area contributed by atoms with Crippen LogP contribution in [0.15, 0.2) is 49.3 Å². The van der Waals surface area contributed by atoms with Gasteiger partial charge in [-0.25, -0.2) is 13.1 Å². The highest BCUT2D eigenvalue weighted by Crippen LogP contribution is 2.26. The number of thioether (sulfide) groups is 1. The molecule has 0 aliphatic heterocycles. The lowest BCUT2D eigenvalue weighted by molar-refractivity contribution is 0.586. The Morgan fingerprint density at radius 2 is 1.86 bits per heavy atom. The molecule has 0 unspecified atom stereocenters. The fraction of sp³-hybridized carbons (Fsp3) is 0.333. The Kier molecular flexibility index (Phi) is 6.52. The Bertz CT molecular complexity index is 709. The van der Waals surface area contributed by atoms with Crippen molar-refractivity contribution >= 4 is 49.1 Å². The molecule has 1 aromatic carbocycles. The van der Waals surface area contributed by atoms with Gasteiger partial charge < -0.3 is 0 Å². The molecule has 1 N–H and O–H groups in total. The third-order valence-electron chi connectivity index (χ3n) is 3.02. The standard InChI is InChI=1S/C15H18BrNO2S3/c1-11(2)12-3-5-13(6-4-12)20-10-9-17-22(18,19)15-8-7-14(16)21-15/h3-8,11,17H,9-10H2,1-2H3. The summed E-state index contributed by atoms with van der Waals surface area (Å²) >= 11 is 6.14. The molecule has 0 radical (unpaired) electrons. The van der Waals surface area contributed by atoms with Crippen LogP contribution in [0.25, 0.3) is 0 Å². The summed E-state index contributed by atoms with van der Waals surface area (Å²) in [5.41, 5.74) is 1.31. The van der Waals surface area contributed by atoms with Gasteiger partial charge in [-0.2, -0.15) is 0 Å². The predicted octanol–water partition coefficient (Wildman–Crippen LogP) is 4.70. The van der Waals surface area contributed by atoms with Crippen molar-refractivity contribution in [3.63, 3.8) is 0 Å². The van der Waals surface area contributed by atoms with E-state index in [2.05, 4.69) is 58.8 Å². The van der Waals surface area contributed by atoms with E-state index in [1.165, 1.54) is 16.9 Å². The lowest BCUT2D eigenvalue weighted by Gasteiger charge is -2.07. The van der Waals surface area contributed by atoms with E-state index in [-0.39, 0.29) is 0 Å². The van der Waals surface area contributed by atoms with Crippen LogP contribution in [0.5, 0.6) is 0 Å². The zero-order valence-electron chi connectivity index (χ0n) is 12.4. The first kappa shape index (κ1) is 18.0. The Hall–Kier alpha value is -0.340. The fourth-order valence-corrected chi connectivity index (χ4v) is 5.79. The quantitative estimate of drug-likeness (QED) is 0.522.